The maximum Gasteiger partial charge on any atom is 0.336 e. The third-order valence-corrected chi connectivity index (χ3v) is 3.72. The summed E-state index contributed by atoms with van der Waals surface area (Å²) in [7, 11) is 0. The maximum absolute atomic E-state index is 11.9. The molecule has 0 atom stereocenters. The Bertz CT molecular complexity index is 845. The molecule has 0 amide bonds. The van der Waals surface area contributed by atoms with Crippen LogP contribution in [0.4, 0.5) is 5.69 Å². The Morgan fingerprint density at radius 2 is 1.25 bits per heavy atom. The lowest BCUT2D eigenvalue weighted by Crippen LogP contribution is -2.04. The van der Waals surface area contributed by atoms with Crippen molar-refractivity contribution in [2.75, 3.05) is 0 Å². The molecule has 5 heteroatoms. The highest BCUT2D eigenvalue weighted by molar-refractivity contribution is 6.04. The van der Waals surface area contributed by atoms with E-state index in [1.165, 1.54) is 12.1 Å². The summed E-state index contributed by atoms with van der Waals surface area (Å²) in [6.45, 7) is 0. The number of carboxylic acids is 1. The van der Waals surface area contributed by atoms with Crippen LogP contribution in [0.5, 0.6) is 0 Å². The molecule has 3 aromatic carbocycles. The molecular formula is C19H13NO4. The van der Waals surface area contributed by atoms with Gasteiger partial charge in [-0.1, -0.05) is 60.7 Å². The van der Waals surface area contributed by atoms with Gasteiger partial charge in [0.2, 0.25) is 0 Å². The van der Waals surface area contributed by atoms with Gasteiger partial charge in [0.1, 0.15) is 0 Å². The zero-order valence-electron chi connectivity index (χ0n) is 12.5. The first-order chi connectivity index (χ1) is 11.6. The first-order valence-electron chi connectivity index (χ1n) is 7.24. The summed E-state index contributed by atoms with van der Waals surface area (Å²) in [5.74, 6) is -1.12. The Kier molecular flexibility index (Phi) is 4.07. The number of carboxylic acid groups (broad SMARTS) is 1. The number of nitro groups is 1. The van der Waals surface area contributed by atoms with Crippen LogP contribution < -0.4 is 0 Å². The fourth-order valence-electron chi connectivity index (χ4n) is 2.65. The third kappa shape index (κ3) is 2.87. The number of aromatic carboxylic acids is 1. The van der Waals surface area contributed by atoms with E-state index in [9.17, 15) is 20.0 Å². The minimum atomic E-state index is -1.12. The standard InChI is InChI=1S/C19H13NO4/c21-19(22)18-16(13-7-3-1-4-8-13)11-15(20(23)24)12-17(18)14-9-5-2-6-10-14/h1-12H,(H,21,22). The number of nitrogens with zero attached hydrogens (tertiary/aromatic N) is 1. The van der Waals surface area contributed by atoms with Crippen molar-refractivity contribution in [1.29, 1.82) is 0 Å². The summed E-state index contributed by atoms with van der Waals surface area (Å²) in [4.78, 5) is 22.7. The van der Waals surface area contributed by atoms with Gasteiger partial charge in [0.05, 0.1) is 10.5 Å². The molecule has 0 heterocycles. The summed E-state index contributed by atoms with van der Waals surface area (Å²) >= 11 is 0. The molecule has 0 radical (unpaired) electrons. The van der Waals surface area contributed by atoms with Crippen molar-refractivity contribution in [2.24, 2.45) is 0 Å². The molecule has 3 aromatic rings. The highest BCUT2D eigenvalue weighted by Gasteiger charge is 2.23. The molecule has 3 rings (SSSR count). The first kappa shape index (κ1) is 15.4. The Morgan fingerprint density at radius 3 is 1.58 bits per heavy atom. The average molecular weight is 319 g/mol. The SMILES string of the molecule is O=C(O)c1c(-c2ccccc2)cc([N+](=O)[O-])cc1-c1ccccc1. The summed E-state index contributed by atoms with van der Waals surface area (Å²) in [6, 6.07) is 20.2. The molecule has 0 saturated heterocycles. The molecule has 0 spiro atoms. The summed E-state index contributed by atoms with van der Waals surface area (Å²) < 4.78 is 0. The van der Waals surface area contributed by atoms with Crippen molar-refractivity contribution >= 4 is 11.7 Å². The zero-order valence-corrected chi connectivity index (χ0v) is 12.5. The van der Waals surface area contributed by atoms with Gasteiger partial charge < -0.3 is 5.11 Å². The highest BCUT2D eigenvalue weighted by Crippen LogP contribution is 2.36. The maximum atomic E-state index is 11.9. The lowest BCUT2D eigenvalue weighted by molar-refractivity contribution is -0.384. The second-order valence-electron chi connectivity index (χ2n) is 5.21. The summed E-state index contributed by atoms with van der Waals surface area (Å²) in [6.07, 6.45) is 0. The number of hydrogen-bond acceptors (Lipinski definition) is 3. The smallest absolute Gasteiger partial charge is 0.336 e. The van der Waals surface area contributed by atoms with Crippen molar-refractivity contribution in [1.82, 2.24) is 0 Å². The van der Waals surface area contributed by atoms with Gasteiger partial charge in [0, 0.05) is 23.3 Å². The zero-order chi connectivity index (χ0) is 17.1. The predicted octanol–water partition coefficient (Wildman–Crippen LogP) is 4.63. The van der Waals surface area contributed by atoms with Crippen molar-refractivity contribution in [3.63, 3.8) is 0 Å². The van der Waals surface area contributed by atoms with Gasteiger partial charge in [-0.25, -0.2) is 4.79 Å². The van der Waals surface area contributed by atoms with Crippen molar-refractivity contribution < 1.29 is 14.8 Å². The molecule has 0 aliphatic heterocycles. The van der Waals surface area contributed by atoms with Crippen LogP contribution in [0.15, 0.2) is 72.8 Å². The number of benzene rings is 3. The van der Waals surface area contributed by atoms with E-state index in [-0.39, 0.29) is 11.3 Å². The van der Waals surface area contributed by atoms with Crippen LogP contribution in [0.1, 0.15) is 10.4 Å². The predicted molar refractivity (Wildman–Crippen MR) is 90.9 cm³/mol. The number of hydrogen-bond donors (Lipinski definition) is 1. The lowest BCUT2D eigenvalue weighted by atomic mass is 9.91. The van der Waals surface area contributed by atoms with Crippen LogP contribution in [0.3, 0.4) is 0 Å². The van der Waals surface area contributed by atoms with E-state index in [4.69, 9.17) is 0 Å². The van der Waals surface area contributed by atoms with Gasteiger partial charge in [0.25, 0.3) is 5.69 Å². The normalized spacial score (nSPS) is 10.3. The van der Waals surface area contributed by atoms with Gasteiger partial charge in [-0.2, -0.15) is 0 Å². The van der Waals surface area contributed by atoms with Gasteiger partial charge in [-0.05, 0) is 11.1 Å². The second kappa shape index (κ2) is 6.34. The quantitative estimate of drug-likeness (QED) is 0.561. The Morgan fingerprint density at radius 1 is 0.833 bits per heavy atom. The van der Waals surface area contributed by atoms with Crippen LogP contribution in [0, 0.1) is 10.1 Å². The molecule has 0 bridgehead atoms. The van der Waals surface area contributed by atoms with Crippen molar-refractivity contribution in [2.45, 2.75) is 0 Å². The van der Waals surface area contributed by atoms with E-state index in [1.54, 1.807) is 60.7 Å². The molecule has 118 valence electrons. The highest BCUT2D eigenvalue weighted by atomic mass is 16.6. The van der Waals surface area contributed by atoms with E-state index in [1.807, 2.05) is 0 Å². The molecule has 0 aliphatic rings. The molecule has 0 fully saturated rings. The summed E-state index contributed by atoms with van der Waals surface area (Å²) in [5.41, 5.74) is 1.81. The van der Waals surface area contributed by atoms with Crippen LogP contribution in [0.25, 0.3) is 22.3 Å². The Hall–Kier alpha value is -3.47. The van der Waals surface area contributed by atoms with E-state index in [0.29, 0.717) is 22.3 Å². The van der Waals surface area contributed by atoms with E-state index in [0.717, 1.165) is 0 Å². The topological polar surface area (TPSA) is 80.4 Å². The molecule has 24 heavy (non-hydrogen) atoms. The minimum Gasteiger partial charge on any atom is -0.478 e. The largest absolute Gasteiger partial charge is 0.478 e. The molecular weight excluding hydrogens is 306 g/mol. The van der Waals surface area contributed by atoms with E-state index in [2.05, 4.69) is 0 Å². The van der Waals surface area contributed by atoms with E-state index < -0.39 is 10.9 Å². The molecule has 1 N–H and O–H groups in total. The molecule has 0 aliphatic carbocycles. The van der Waals surface area contributed by atoms with Crippen LogP contribution in [-0.2, 0) is 0 Å². The molecule has 0 unspecified atom stereocenters. The number of carbonyl (C=O) groups is 1. The Labute approximate surface area is 138 Å². The van der Waals surface area contributed by atoms with Gasteiger partial charge in [0.15, 0.2) is 0 Å². The van der Waals surface area contributed by atoms with Crippen molar-refractivity contribution in [3.8, 4) is 22.3 Å². The number of rotatable bonds is 4. The fraction of sp³-hybridized carbons (Fsp3) is 0. The average Bonchev–Trinajstić information content (AvgIpc) is 2.62. The molecule has 0 aromatic heterocycles. The van der Waals surface area contributed by atoms with Crippen molar-refractivity contribution in [3.05, 3.63) is 88.5 Å². The van der Waals surface area contributed by atoms with E-state index >= 15 is 0 Å². The van der Waals surface area contributed by atoms with Crippen LogP contribution >= 0.6 is 0 Å². The van der Waals surface area contributed by atoms with Gasteiger partial charge in [-0.15, -0.1) is 0 Å². The summed E-state index contributed by atoms with van der Waals surface area (Å²) in [5, 5.41) is 21.0. The minimum absolute atomic E-state index is 0.0537. The lowest BCUT2D eigenvalue weighted by Gasteiger charge is -2.12. The van der Waals surface area contributed by atoms with Gasteiger partial charge >= 0.3 is 5.97 Å². The molecule has 5 nitrogen and oxygen atoms in total. The van der Waals surface area contributed by atoms with Crippen LogP contribution in [0.2, 0.25) is 0 Å². The monoisotopic (exact) mass is 319 g/mol. The third-order valence-electron chi connectivity index (χ3n) is 3.72. The second-order valence-corrected chi connectivity index (χ2v) is 5.21. The molecule has 0 saturated carbocycles. The Balaban J connectivity index is 2.38. The van der Waals surface area contributed by atoms with Crippen LogP contribution in [-0.4, -0.2) is 16.0 Å². The number of non-ortho nitro benzene ring substituents is 1. The van der Waals surface area contributed by atoms with Gasteiger partial charge in [-0.3, -0.25) is 10.1 Å². The fourth-order valence-corrected chi connectivity index (χ4v) is 2.65. The first-order valence-corrected chi connectivity index (χ1v) is 7.24. The number of nitro benzene ring substituents is 1.